The second kappa shape index (κ2) is 5.75. The van der Waals surface area contributed by atoms with Crippen LogP contribution in [0.15, 0.2) is 10.5 Å². The van der Waals surface area contributed by atoms with Crippen LogP contribution in [0.1, 0.15) is 48.6 Å². The van der Waals surface area contributed by atoms with E-state index in [1.54, 1.807) is 13.0 Å². The average Bonchev–Trinajstić information content (AvgIpc) is 3.10. The maximum absolute atomic E-state index is 11.5. The first-order chi connectivity index (χ1) is 9.01. The molecular weight excluding hydrogens is 242 g/mol. The van der Waals surface area contributed by atoms with Gasteiger partial charge in [-0.25, -0.2) is 5.84 Å². The molecule has 19 heavy (non-hydrogen) atoms. The zero-order valence-corrected chi connectivity index (χ0v) is 11.9. The zero-order chi connectivity index (χ0) is 14.0. The van der Waals surface area contributed by atoms with Crippen molar-refractivity contribution in [2.24, 2.45) is 11.8 Å². The van der Waals surface area contributed by atoms with E-state index in [-0.39, 0.29) is 5.91 Å². The van der Waals surface area contributed by atoms with Gasteiger partial charge in [0.15, 0.2) is 0 Å². The normalized spacial score (nSPS) is 15.3. The minimum Gasteiger partial charge on any atom is -0.464 e. The van der Waals surface area contributed by atoms with Gasteiger partial charge in [-0.05, 0) is 45.6 Å². The van der Waals surface area contributed by atoms with Crippen molar-refractivity contribution in [1.82, 2.24) is 10.3 Å². The third-order valence-electron chi connectivity index (χ3n) is 3.62. The number of hydrazine groups is 1. The smallest absolute Gasteiger partial charge is 0.268 e. The van der Waals surface area contributed by atoms with Gasteiger partial charge in [-0.2, -0.15) is 0 Å². The summed E-state index contributed by atoms with van der Waals surface area (Å²) in [6.07, 6.45) is 2.67. The lowest BCUT2D eigenvalue weighted by atomic mass is 10.2. The van der Waals surface area contributed by atoms with Gasteiger partial charge in [0, 0.05) is 12.6 Å². The SMILES string of the molecule is Cc1oc(CN(CC2CC2)C(C)C)cc1C(=O)NN. The van der Waals surface area contributed by atoms with Crippen LogP contribution < -0.4 is 11.3 Å². The molecule has 1 aromatic heterocycles. The van der Waals surface area contributed by atoms with E-state index in [4.69, 9.17) is 10.3 Å². The van der Waals surface area contributed by atoms with Crippen molar-refractivity contribution >= 4 is 5.91 Å². The van der Waals surface area contributed by atoms with Crippen molar-refractivity contribution in [2.45, 2.75) is 46.2 Å². The Morgan fingerprint density at radius 2 is 2.26 bits per heavy atom. The Balaban J connectivity index is 2.05. The summed E-state index contributed by atoms with van der Waals surface area (Å²) in [6, 6.07) is 2.26. The number of furan rings is 1. The Hall–Kier alpha value is -1.33. The molecule has 0 aliphatic heterocycles. The summed E-state index contributed by atoms with van der Waals surface area (Å²) in [5.41, 5.74) is 2.66. The lowest BCUT2D eigenvalue weighted by Gasteiger charge is -2.25. The fourth-order valence-electron chi connectivity index (χ4n) is 2.21. The third-order valence-corrected chi connectivity index (χ3v) is 3.62. The highest BCUT2D eigenvalue weighted by Crippen LogP contribution is 2.31. The van der Waals surface area contributed by atoms with E-state index >= 15 is 0 Å². The number of nitrogens with zero attached hydrogens (tertiary/aromatic N) is 1. The molecule has 2 rings (SSSR count). The van der Waals surface area contributed by atoms with Gasteiger partial charge in [-0.3, -0.25) is 15.1 Å². The standard InChI is InChI=1S/C14H23N3O2/c1-9(2)17(7-11-4-5-11)8-12-6-13(10(3)19-12)14(18)16-15/h6,9,11H,4-5,7-8,15H2,1-3H3,(H,16,18). The number of carbonyl (C=O) groups is 1. The predicted octanol–water partition coefficient (Wildman–Crippen LogP) is 1.81. The second-order valence-electron chi connectivity index (χ2n) is 5.62. The van der Waals surface area contributed by atoms with Crippen molar-refractivity contribution in [1.29, 1.82) is 0 Å². The first-order valence-corrected chi connectivity index (χ1v) is 6.85. The van der Waals surface area contributed by atoms with E-state index in [0.29, 0.717) is 17.4 Å². The lowest BCUT2D eigenvalue weighted by Crippen LogP contribution is -2.32. The molecular formula is C14H23N3O2. The molecule has 1 heterocycles. The van der Waals surface area contributed by atoms with Crippen LogP contribution in [0.2, 0.25) is 0 Å². The van der Waals surface area contributed by atoms with Gasteiger partial charge < -0.3 is 4.42 Å². The molecule has 0 saturated heterocycles. The molecule has 1 saturated carbocycles. The van der Waals surface area contributed by atoms with Crippen LogP contribution in [0.3, 0.4) is 0 Å². The maximum Gasteiger partial charge on any atom is 0.268 e. The highest BCUT2D eigenvalue weighted by Gasteiger charge is 2.26. The number of carbonyl (C=O) groups excluding carboxylic acids is 1. The van der Waals surface area contributed by atoms with Crippen molar-refractivity contribution < 1.29 is 9.21 Å². The molecule has 0 atom stereocenters. The molecule has 5 nitrogen and oxygen atoms in total. The molecule has 1 amide bonds. The Labute approximate surface area is 114 Å². The number of nitrogens with two attached hydrogens (primary N) is 1. The molecule has 1 aliphatic carbocycles. The topological polar surface area (TPSA) is 71.5 Å². The summed E-state index contributed by atoms with van der Waals surface area (Å²) >= 11 is 0. The minimum absolute atomic E-state index is 0.300. The van der Waals surface area contributed by atoms with Crippen molar-refractivity contribution in [3.8, 4) is 0 Å². The molecule has 0 bridgehead atoms. The highest BCUT2D eigenvalue weighted by atomic mass is 16.3. The van der Waals surface area contributed by atoms with Crippen LogP contribution in [-0.4, -0.2) is 23.4 Å². The number of hydrogen-bond donors (Lipinski definition) is 2. The molecule has 0 spiro atoms. The molecule has 0 unspecified atom stereocenters. The molecule has 1 aromatic rings. The molecule has 106 valence electrons. The summed E-state index contributed by atoms with van der Waals surface area (Å²) in [6.45, 7) is 8.01. The fourth-order valence-corrected chi connectivity index (χ4v) is 2.21. The number of nitrogens with one attached hydrogen (secondary N) is 1. The van der Waals surface area contributed by atoms with E-state index in [9.17, 15) is 4.79 Å². The average molecular weight is 265 g/mol. The van der Waals surface area contributed by atoms with E-state index in [0.717, 1.165) is 24.8 Å². The molecule has 0 radical (unpaired) electrons. The second-order valence-corrected chi connectivity index (χ2v) is 5.62. The number of amides is 1. The van der Waals surface area contributed by atoms with Crippen molar-refractivity contribution in [3.05, 3.63) is 23.2 Å². The maximum atomic E-state index is 11.5. The van der Waals surface area contributed by atoms with Crippen LogP contribution in [-0.2, 0) is 6.54 Å². The number of hydrogen-bond acceptors (Lipinski definition) is 4. The fraction of sp³-hybridized carbons (Fsp3) is 0.643. The summed E-state index contributed by atoms with van der Waals surface area (Å²) in [4.78, 5) is 13.9. The van der Waals surface area contributed by atoms with Crippen LogP contribution >= 0.6 is 0 Å². The summed E-state index contributed by atoms with van der Waals surface area (Å²) in [7, 11) is 0. The third kappa shape index (κ3) is 3.58. The number of rotatable bonds is 6. The predicted molar refractivity (Wildman–Crippen MR) is 73.4 cm³/mol. The molecule has 0 aromatic carbocycles. The molecule has 3 N–H and O–H groups in total. The zero-order valence-electron chi connectivity index (χ0n) is 11.9. The van der Waals surface area contributed by atoms with E-state index in [1.807, 2.05) is 0 Å². The van der Waals surface area contributed by atoms with E-state index < -0.39 is 0 Å². The molecule has 1 aliphatic rings. The highest BCUT2D eigenvalue weighted by molar-refractivity contribution is 5.94. The van der Waals surface area contributed by atoms with Gasteiger partial charge in [0.25, 0.3) is 5.91 Å². The minimum atomic E-state index is -0.300. The van der Waals surface area contributed by atoms with Gasteiger partial charge in [-0.1, -0.05) is 0 Å². The number of aryl methyl sites for hydroxylation is 1. The summed E-state index contributed by atoms with van der Waals surface area (Å²) < 4.78 is 5.66. The first kappa shape index (κ1) is 14.1. The monoisotopic (exact) mass is 265 g/mol. The summed E-state index contributed by atoms with van der Waals surface area (Å²) in [5.74, 6) is 7.14. The Bertz CT molecular complexity index is 450. The van der Waals surface area contributed by atoms with Crippen LogP contribution in [0, 0.1) is 12.8 Å². The molecule has 1 fully saturated rings. The Morgan fingerprint density at radius 1 is 1.58 bits per heavy atom. The Morgan fingerprint density at radius 3 is 2.79 bits per heavy atom. The van der Waals surface area contributed by atoms with Gasteiger partial charge in [0.05, 0.1) is 12.1 Å². The van der Waals surface area contributed by atoms with Crippen molar-refractivity contribution in [3.63, 3.8) is 0 Å². The summed E-state index contributed by atoms with van der Waals surface area (Å²) in [5, 5.41) is 0. The first-order valence-electron chi connectivity index (χ1n) is 6.85. The Kier molecular flexibility index (Phi) is 4.27. The van der Waals surface area contributed by atoms with E-state index in [1.165, 1.54) is 12.8 Å². The van der Waals surface area contributed by atoms with E-state index in [2.05, 4.69) is 24.2 Å². The number of nitrogen functional groups attached to an aromatic ring is 1. The lowest BCUT2D eigenvalue weighted by molar-refractivity contribution is 0.0952. The largest absolute Gasteiger partial charge is 0.464 e. The van der Waals surface area contributed by atoms with Crippen molar-refractivity contribution in [2.75, 3.05) is 6.54 Å². The van der Waals surface area contributed by atoms with Gasteiger partial charge in [0.1, 0.15) is 11.5 Å². The van der Waals surface area contributed by atoms with Gasteiger partial charge >= 0.3 is 0 Å². The van der Waals surface area contributed by atoms with Crippen LogP contribution in [0.25, 0.3) is 0 Å². The van der Waals surface area contributed by atoms with Gasteiger partial charge in [-0.15, -0.1) is 0 Å². The van der Waals surface area contributed by atoms with Gasteiger partial charge in [0.2, 0.25) is 0 Å². The quantitative estimate of drug-likeness (QED) is 0.467. The molecule has 5 heteroatoms. The van der Waals surface area contributed by atoms with Crippen LogP contribution in [0.5, 0.6) is 0 Å². The van der Waals surface area contributed by atoms with Crippen LogP contribution in [0.4, 0.5) is 0 Å².